The van der Waals surface area contributed by atoms with Gasteiger partial charge in [-0.15, -0.1) is 0 Å². The molecule has 6 nitrogen and oxygen atoms in total. The van der Waals surface area contributed by atoms with E-state index in [1.54, 1.807) is 24.3 Å². The highest BCUT2D eigenvalue weighted by atomic mass is 16.2. The molecular formula is C18H19N3O3. The van der Waals surface area contributed by atoms with Crippen molar-refractivity contribution < 1.29 is 14.4 Å². The van der Waals surface area contributed by atoms with Crippen molar-refractivity contribution in [2.75, 3.05) is 11.9 Å². The Morgan fingerprint density at radius 3 is 2.29 bits per heavy atom. The van der Waals surface area contributed by atoms with Crippen LogP contribution in [0.1, 0.15) is 22.8 Å². The van der Waals surface area contributed by atoms with Crippen LogP contribution in [0.2, 0.25) is 0 Å². The second-order valence-electron chi connectivity index (χ2n) is 5.17. The Balaban J connectivity index is 1.79. The minimum absolute atomic E-state index is 0.0980. The summed E-state index contributed by atoms with van der Waals surface area (Å²) < 4.78 is 0. The molecule has 6 heteroatoms. The molecule has 0 aliphatic heterocycles. The quantitative estimate of drug-likeness (QED) is 0.711. The average Bonchev–Trinajstić information content (AvgIpc) is 2.59. The van der Waals surface area contributed by atoms with E-state index in [4.69, 9.17) is 0 Å². The monoisotopic (exact) mass is 325 g/mol. The second kappa shape index (κ2) is 8.47. The summed E-state index contributed by atoms with van der Waals surface area (Å²) in [5.74, 6) is -0.585. The molecule has 0 unspecified atom stereocenters. The number of nitrogens with one attached hydrogen (secondary N) is 3. The van der Waals surface area contributed by atoms with Gasteiger partial charge in [-0.2, -0.15) is 0 Å². The van der Waals surface area contributed by atoms with Gasteiger partial charge in [-0.05, 0) is 24.6 Å². The summed E-state index contributed by atoms with van der Waals surface area (Å²) in [4.78, 5) is 35.0. The summed E-state index contributed by atoms with van der Waals surface area (Å²) in [6.07, 6.45) is 0. The molecule has 2 aromatic rings. The number of imide groups is 1. The number of carbonyl (C=O) groups is 3. The second-order valence-corrected chi connectivity index (χ2v) is 5.17. The molecule has 0 spiro atoms. The first-order chi connectivity index (χ1) is 11.6. The molecule has 0 atom stereocenters. The zero-order valence-corrected chi connectivity index (χ0v) is 13.3. The number of carbonyl (C=O) groups excluding carboxylic acids is 3. The SMILES string of the molecule is CC(=O)c1ccccc1NCC(=O)NC(=O)NCc1ccccc1. The van der Waals surface area contributed by atoms with Gasteiger partial charge in [0.2, 0.25) is 5.91 Å². The van der Waals surface area contributed by atoms with Gasteiger partial charge in [-0.1, -0.05) is 42.5 Å². The molecule has 3 amide bonds. The van der Waals surface area contributed by atoms with E-state index in [9.17, 15) is 14.4 Å². The summed E-state index contributed by atoms with van der Waals surface area (Å²) in [7, 11) is 0. The highest BCUT2D eigenvalue weighted by Gasteiger charge is 2.10. The van der Waals surface area contributed by atoms with Crippen LogP contribution in [0.5, 0.6) is 0 Å². The Morgan fingerprint density at radius 2 is 1.58 bits per heavy atom. The molecule has 2 aromatic carbocycles. The lowest BCUT2D eigenvalue weighted by Gasteiger charge is -2.10. The third-order valence-corrected chi connectivity index (χ3v) is 3.29. The Morgan fingerprint density at radius 1 is 0.917 bits per heavy atom. The highest BCUT2D eigenvalue weighted by Crippen LogP contribution is 2.14. The third kappa shape index (κ3) is 5.24. The number of anilines is 1. The fraction of sp³-hybridized carbons (Fsp3) is 0.167. The van der Waals surface area contributed by atoms with Gasteiger partial charge in [0.25, 0.3) is 0 Å². The lowest BCUT2D eigenvalue weighted by Crippen LogP contribution is -2.41. The van der Waals surface area contributed by atoms with Gasteiger partial charge in [0.05, 0.1) is 6.54 Å². The first-order valence-electron chi connectivity index (χ1n) is 7.51. The molecule has 0 fully saturated rings. The van der Waals surface area contributed by atoms with Crippen LogP contribution in [0, 0.1) is 0 Å². The number of hydrogen-bond donors (Lipinski definition) is 3. The summed E-state index contributed by atoms with van der Waals surface area (Å²) in [6.45, 7) is 1.68. The molecule has 0 saturated carbocycles. The van der Waals surface area contributed by atoms with Crippen molar-refractivity contribution in [3.63, 3.8) is 0 Å². The summed E-state index contributed by atoms with van der Waals surface area (Å²) >= 11 is 0. The number of rotatable bonds is 6. The topological polar surface area (TPSA) is 87.3 Å². The van der Waals surface area contributed by atoms with Crippen LogP contribution >= 0.6 is 0 Å². The number of amides is 3. The highest BCUT2D eigenvalue weighted by molar-refractivity contribution is 6.01. The fourth-order valence-corrected chi connectivity index (χ4v) is 2.11. The van der Waals surface area contributed by atoms with Gasteiger partial charge in [-0.3, -0.25) is 14.9 Å². The van der Waals surface area contributed by atoms with E-state index in [-0.39, 0.29) is 12.3 Å². The van der Waals surface area contributed by atoms with Crippen molar-refractivity contribution in [3.05, 3.63) is 65.7 Å². The van der Waals surface area contributed by atoms with E-state index in [1.165, 1.54) is 6.92 Å². The van der Waals surface area contributed by atoms with Crippen LogP contribution in [0.3, 0.4) is 0 Å². The zero-order chi connectivity index (χ0) is 17.4. The average molecular weight is 325 g/mol. The fourth-order valence-electron chi connectivity index (χ4n) is 2.11. The largest absolute Gasteiger partial charge is 0.376 e. The van der Waals surface area contributed by atoms with E-state index in [2.05, 4.69) is 16.0 Å². The molecule has 0 aliphatic rings. The maximum absolute atomic E-state index is 11.8. The Bertz CT molecular complexity index is 729. The molecule has 3 N–H and O–H groups in total. The molecule has 24 heavy (non-hydrogen) atoms. The molecule has 0 radical (unpaired) electrons. The minimum atomic E-state index is -0.564. The number of para-hydroxylation sites is 1. The minimum Gasteiger partial charge on any atom is -0.376 e. The molecular weight excluding hydrogens is 306 g/mol. The summed E-state index contributed by atoms with van der Waals surface area (Å²) in [6, 6.07) is 15.7. The molecule has 124 valence electrons. The first kappa shape index (κ1) is 17.2. The molecule has 0 saturated heterocycles. The summed E-state index contributed by atoms with van der Waals surface area (Å²) in [5.41, 5.74) is 2.00. The van der Waals surface area contributed by atoms with E-state index >= 15 is 0 Å². The predicted octanol–water partition coefficient (Wildman–Crippen LogP) is 2.33. The maximum atomic E-state index is 11.8. The van der Waals surface area contributed by atoms with Crippen molar-refractivity contribution in [1.29, 1.82) is 0 Å². The summed E-state index contributed by atoms with van der Waals surface area (Å²) in [5, 5.41) is 7.70. The Kier molecular flexibility index (Phi) is 6.08. The van der Waals surface area contributed by atoms with E-state index < -0.39 is 11.9 Å². The standard InChI is InChI=1S/C18H19N3O3/c1-13(22)15-9-5-6-10-16(15)19-12-17(23)21-18(24)20-11-14-7-3-2-4-8-14/h2-10,19H,11-12H2,1H3,(H2,20,21,23,24). The van der Waals surface area contributed by atoms with Crippen LogP contribution in [-0.2, 0) is 11.3 Å². The number of hydrogen-bond acceptors (Lipinski definition) is 4. The van der Waals surface area contributed by atoms with Crippen LogP contribution in [0.4, 0.5) is 10.5 Å². The molecule has 0 aromatic heterocycles. The first-order valence-corrected chi connectivity index (χ1v) is 7.51. The molecule has 0 bridgehead atoms. The number of benzene rings is 2. The Labute approximate surface area is 140 Å². The lowest BCUT2D eigenvalue weighted by molar-refractivity contribution is -0.118. The normalized spacial score (nSPS) is 9.88. The smallest absolute Gasteiger partial charge is 0.321 e. The van der Waals surface area contributed by atoms with Crippen LogP contribution in [0.15, 0.2) is 54.6 Å². The van der Waals surface area contributed by atoms with Crippen molar-refractivity contribution >= 4 is 23.4 Å². The van der Waals surface area contributed by atoms with Gasteiger partial charge in [0.1, 0.15) is 0 Å². The Hall–Kier alpha value is -3.15. The van der Waals surface area contributed by atoms with Crippen LogP contribution in [0.25, 0.3) is 0 Å². The lowest BCUT2D eigenvalue weighted by atomic mass is 10.1. The van der Waals surface area contributed by atoms with E-state index in [0.717, 1.165) is 5.56 Å². The van der Waals surface area contributed by atoms with Crippen LogP contribution in [-0.4, -0.2) is 24.3 Å². The van der Waals surface area contributed by atoms with Crippen molar-refractivity contribution in [3.8, 4) is 0 Å². The van der Waals surface area contributed by atoms with Gasteiger partial charge in [0.15, 0.2) is 5.78 Å². The van der Waals surface area contributed by atoms with Crippen molar-refractivity contribution in [1.82, 2.24) is 10.6 Å². The molecule has 2 rings (SSSR count). The third-order valence-electron chi connectivity index (χ3n) is 3.29. The van der Waals surface area contributed by atoms with Gasteiger partial charge in [-0.25, -0.2) is 4.79 Å². The maximum Gasteiger partial charge on any atom is 0.321 e. The van der Waals surface area contributed by atoms with E-state index in [0.29, 0.717) is 17.8 Å². The number of ketones is 1. The molecule has 0 aliphatic carbocycles. The number of urea groups is 1. The molecule has 0 heterocycles. The van der Waals surface area contributed by atoms with Gasteiger partial charge >= 0.3 is 6.03 Å². The van der Waals surface area contributed by atoms with Crippen molar-refractivity contribution in [2.45, 2.75) is 13.5 Å². The van der Waals surface area contributed by atoms with Crippen molar-refractivity contribution in [2.24, 2.45) is 0 Å². The zero-order valence-electron chi connectivity index (χ0n) is 13.3. The number of Topliss-reactive ketones (excluding diaryl/α,β-unsaturated/α-hetero) is 1. The van der Waals surface area contributed by atoms with Crippen LogP contribution < -0.4 is 16.0 Å². The predicted molar refractivity (Wildman–Crippen MR) is 91.8 cm³/mol. The van der Waals surface area contributed by atoms with Gasteiger partial charge in [0, 0.05) is 17.8 Å². The van der Waals surface area contributed by atoms with Gasteiger partial charge < -0.3 is 10.6 Å². The van der Waals surface area contributed by atoms with E-state index in [1.807, 2.05) is 30.3 Å².